The Hall–Kier alpha value is -1.39. The molecule has 5 nitrogen and oxygen atoms in total. The van der Waals surface area contributed by atoms with E-state index >= 15 is 0 Å². The SMILES string of the molecule is C=NC(=O)N(C(N)=O)C(C)C. The van der Waals surface area contributed by atoms with Crippen LogP contribution in [0.2, 0.25) is 0 Å². The minimum atomic E-state index is -0.808. The summed E-state index contributed by atoms with van der Waals surface area (Å²) in [6.07, 6.45) is 0. The van der Waals surface area contributed by atoms with E-state index in [-0.39, 0.29) is 6.04 Å². The molecule has 0 atom stereocenters. The van der Waals surface area contributed by atoms with Gasteiger partial charge in [-0.2, -0.15) is 0 Å². The number of amides is 4. The number of primary amides is 1. The molecule has 0 radical (unpaired) electrons. The normalized spacial score (nSPS) is 9.36. The highest BCUT2D eigenvalue weighted by Gasteiger charge is 2.20. The second-order valence-corrected chi connectivity index (χ2v) is 2.24. The van der Waals surface area contributed by atoms with Gasteiger partial charge in [0.05, 0.1) is 0 Å². The van der Waals surface area contributed by atoms with Crippen LogP contribution >= 0.6 is 0 Å². The van der Waals surface area contributed by atoms with Gasteiger partial charge in [-0.3, -0.25) is 0 Å². The van der Waals surface area contributed by atoms with Gasteiger partial charge < -0.3 is 5.73 Å². The van der Waals surface area contributed by atoms with Gasteiger partial charge in [0.15, 0.2) is 0 Å². The van der Waals surface area contributed by atoms with Crippen molar-refractivity contribution in [1.29, 1.82) is 0 Å². The van der Waals surface area contributed by atoms with Gasteiger partial charge in [-0.05, 0) is 20.6 Å². The van der Waals surface area contributed by atoms with Crippen molar-refractivity contribution in [3.8, 4) is 0 Å². The van der Waals surface area contributed by atoms with Crippen molar-refractivity contribution < 1.29 is 9.59 Å². The van der Waals surface area contributed by atoms with Gasteiger partial charge in [-0.25, -0.2) is 19.5 Å². The lowest BCUT2D eigenvalue weighted by atomic mass is 10.3. The first-order valence-electron chi connectivity index (χ1n) is 3.10. The molecule has 0 fully saturated rings. The van der Waals surface area contributed by atoms with Crippen LogP contribution in [-0.4, -0.2) is 29.7 Å². The van der Waals surface area contributed by atoms with Crippen LogP contribution in [-0.2, 0) is 0 Å². The Bertz CT molecular complexity index is 188. The van der Waals surface area contributed by atoms with E-state index in [1.165, 1.54) is 0 Å². The number of urea groups is 2. The van der Waals surface area contributed by atoms with Crippen molar-refractivity contribution in [2.24, 2.45) is 10.7 Å². The monoisotopic (exact) mass is 157 g/mol. The number of aliphatic imine (C=N–C) groups is 1. The molecular weight excluding hydrogens is 146 g/mol. The summed E-state index contributed by atoms with van der Waals surface area (Å²) < 4.78 is 0. The molecule has 2 N–H and O–H groups in total. The number of nitrogens with two attached hydrogens (primary N) is 1. The smallest absolute Gasteiger partial charge is 0.351 e. The van der Waals surface area contributed by atoms with Gasteiger partial charge in [0.25, 0.3) is 0 Å². The number of nitrogens with zero attached hydrogens (tertiary/aromatic N) is 2. The van der Waals surface area contributed by atoms with Crippen molar-refractivity contribution in [3.05, 3.63) is 0 Å². The maximum Gasteiger partial charge on any atom is 0.351 e. The summed E-state index contributed by atoms with van der Waals surface area (Å²) in [6, 6.07) is -1.81. The Morgan fingerprint density at radius 3 is 2.09 bits per heavy atom. The molecule has 0 aromatic rings. The number of imide groups is 1. The molecule has 0 rings (SSSR count). The molecule has 0 aliphatic heterocycles. The molecule has 0 aliphatic rings. The lowest BCUT2D eigenvalue weighted by Gasteiger charge is -2.19. The van der Waals surface area contributed by atoms with Gasteiger partial charge in [-0.15, -0.1) is 0 Å². The van der Waals surface area contributed by atoms with Crippen LogP contribution in [0.4, 0.5) is 9.59 Å². The molecule has 0 aromatic heterocycles. The predicted octanol–water partition coefficient (Wildman–Crippen LogP) is 0.596. The summed E-state index contributed by atoms with van der Waals surface area (Å²) in [4.78, 5) is 25.3. The van der Waals surface area contributed by atoms with Crippen molar-refractivity contribution in [1.82, 2.24) is 4.90 Å². The van der Waals surface area contributed by atoms with Crippen LogP contribution in [0.3, 0.4) is 0 Å². The lowest BCUT2D eigenvalue weighted by molar-refractivity contribution is 0.187. The van der Waals surface area contributed by atoms with E-state index in [9.17, 15) is 9.59 Å². The lowest BCUT2D eigenvalue weighted by Crippen LogP contribution is -2.43. The van der Waals surface area contributed by atoms with E-state index in [2.05, 4.69) is 11.7 Å². The Balaban J connectivity index is 4.46. The summed E-state index contributed by atoms with van der Waals surface area (Å²) in [7, 11) is 0. The quantitative estimate of drug-likeness (QED) is 0.566. The predicted molar refractivity (Wildman–Crippen MR) is 41.5 cm³/mol. The topological polar surface area (TPSA) is 75.8 Å². The number of hydrogen-bond acceptors (Lipinski definition) is 2. The zero-order chi connectivity index (χ0) is 9.02. The zero-order valence-electron chi connectivity index (χ0n) is 6.57. The summed E-state index contributed by atoms with van der Waals surface area (Å²) in [5.74, 6) is 0. The van der Waals surface area contributed by atoms with E-state index in [1.54, 1.807) is 13.8 Å². The molecule has 0 aliphatic carbocycles. The largest absolute Gasteiger partial charge is 0.351 e. The van der Waals surface area contributed by atoms with Crippen LogP contribution in [0.25, 0.3) is 0 Å². The van der Waals surface area contributed by atoms with E-state index in [0.717, 1.165) is 4.90 Å². The van der Waals surface area contributed by atoms with E-state index < -0.39 is 12.1 Å². The van der Waals surface area contributed by atoms with Gasteiger partial charge in [0, 0.05) is 6.04 Å². The molecule has 0 bridgehead atoms. The first-order valence-corrected chi connectivity index (χ1v) is 3.10. The number of hydrogen-bond donors (Lipinski definition) is 1. The third kappa shape index (κ3) is 2.37. The fourth-order valence-electron chi connectivity index (χ4n) is 0.646. The van der Waals surface area contributed by atoms with Gasteiger partial charge in [-0.1, -0.05) is 0 Å². The zero-order valence-corrected chi connectivity index (χ0v) is 6.57. The fraction of sp³-hybridized carbons (Fsp3) is 0.500. The highest BCUT2D eigenvalue weighted by molar-refractivity contribution is 5.94. The Morgan fingerprint density at radius 2 is 2.00 bits per heavy atom. The van der Waals surface area contributed by atoms with Crippen molar-refractivity contribution in [3.63, 3.8) is 0 Å². The molecule has 0 unspecified atom stereocenters. The molecule has 5 heteroatoms. The average molecular weight is 157 g/mol. The first kappa shape index (κ1) is 9.61. The standard InChI is InChI=1S/C6H11N3O2/c1-4(2)9(5(7)10)6(11)8-3/h4H,3H2,1-2H3,(H2,7,10). The van der Waals surface area contributed by atoms with Crippen LogP contribution in [0.5, 0.6) is 0 Å². The first-order chi connectivity index (χ1) is 5.00. The molecule has 0 aromatic carbocycles. The van der Waals surface area contributed by atoms with E-state index in [4.69, 9.17) is 5.73 Å². The highest BCUT2D eigenvalue weighted by atomic mass is 16.2. The second-order valence-electron chi connectivity index (χ2n) is 2.24. The summed E-state index contributed by atoms with van der Waals surface area (Å²) in [6.45, 7) is 6.32. The number of rotatable bonds is 1. The van der Waals surface area contributed by atoms with E-state index in [0.29, 0.717) is 0 Å². The Morgan fingerprint density at radius 1 is 1.55 bits per heavy atom. The third-order valence-electron chi connectivity index (χ3n) is 1.10. The van der Waals surface area contributed by atoms with Crippen molar-refractivity contribution >= 4 is 18.8 Å². The molecule has 4 amide bonds. The fourth-order valence-corrected chi connectivity index (χ4v) is 0.646. The van der Waals surface area contributed by atoms with Gasteiger partial charge in [0.1, 0.15) is 0 Å². The summed E-state index contributed by atoms with van der Waals surface area (Å²) in [5.41, 5.74) is 4.89. The molecular formula is C6H11N3O2. The number of carbonyl (C=O) groups excluding carboxylic acids is 2. The minimum absolute atomic E-state index is 0.287. The molecule has 0 saturated heterocycles. The molecule has 62 valence electrons. The molecule has 11 heavy (non-hydrogen) atoms. The number of carbonyl (C=O) groups is 2. The van der Waals surface area contributed by atoms with Gasteiger partial charge in [0.2, 0.25) is 0 Å². The maximum atomic E-state index is 10.8. The minimum Gasteiger partial charge on any atom is -0.351 e. The molecule has 0 spiro atoms. The van der Waals surface area contributed by atoms with Crippen molar-refractivity contribution in [2.45, 2.75) is 19.9 Å². The summed E-state index contributed by atoms with van der Waals surface area (Å²) >= 11 is 0. The average Bonchev–Trinajstić information content (AvgIpc) is 1.85. The maximum absolute atomic E-state index is 10.8. The third-order valence-corrected chi connectivity index (χ3v) is 1.10. The van der Waals surface area contributed by atoms with Crippen LogP contribution in [0.1, 0.15) is 13.8 Å². The molecule has 0 saturated carbocycles. The van der Waals surface area contributed by atoms with E-state index in [1.807, 2.05) is 0 Å². The van der Waals surface area contributed by atoms with Crippen LogP contribution in [0.15, 0.2) is 4.99 Å². The van der Waals surface area contributed by atoms with Crippen LogP contribution in [0, 0.1) is 0 Å². The van der Waals surface area contributed by atoms with Crippen molar-refractivity contribution in [2.75, 3.05) is 0 Å². The summed E-state index contributed by atoms with van der Waals surface area (Å²) in [5, 5.41) is 0. The Labute approximate surface area is 64.9 Å². The Kier molecular flexibility index (Phi) is 3.23. The van der Waals surface area contributed by atoms with Gasteiger partial charge >= 0.3 is 12.1 Å². The highest BCUT2D eigenvalue weighted by Crippen LogP contribution is 1.99. The van der Waals surface area contributed by atoms with Crippen LogP contribution < -0.4 is 5.73 Å². The second kappa shape index (κ2) is 3.70. The molecule has 0 heterocycles.